The molecule has 1 atom stereocenters. The lowest BCUT2D eigenvalue weighted by atomic mass is 10.0. The number of benzene rings is 1. The number of hydrogen-bond acceptors (Lipinski definition) is 3. The number of hydrogen-bond donors (Lipinski definition) is 2. The molecule has 90 valence electrons. The zero-order chi connectivity index (χ0) is 12.0. The van der Waals surface area contributed by atoms with Gasteiger partial charge in [0.25, 0.3) is 0 Å². The smallest absolute Gasteiger partial charge is 0.160 e. The van der Waals surface area contributed by atoms with Crippen molar-refractivity contribution < 1.29 is 14.9 Å². The second-order valence-corrected chi connectivity index (χ2v) is 4.33. The van der Waals surface area contributed by atoms with Crippen LogP contribution < -0.4 is 0 Å². The van der Waals surface area contributed by atoms with Gasteiger partial charge in [0.05, 0.1) is 6.10 Å². The molecule has 1 aromatic rings. The van der Waals surface area contributed by atoms with Gasteiger partial charge in [-0.3, -0.25) is 0 Å². The average molecular weight is 224 g/mol. The van der Waals surface area contributed by atoms with Crippen molar-refractivity contribution in [3.05, 3.63) is 35.9 Å². The van der Waals surface area contributed by atoms with E-state index >= 15 is 0 Å². The number of aliphatic hydroxyl groups excluding tert-OH is 1. The van der Waals surface area contributed by atoms with E-state index in [1.54, 1.807) is 13.8 Å². The molecule has 2 N–H and O–H groups in total. The van der Waals surface area contributed by atoms with Crippen molar-refractivity contribution in [2.24, 2.45) is 0 Å². The van der Waals surface area contributed by atoms with Crippen molar-refractivity contribution in [3.8, 4) is 0 Å². The summed E-state index contributed by atoms with van der Waals surface area (Å²) in [5, 5.41) is 18.5. The topological polar surface area (TPSA) is 49.7 Å². The van der Waals surface area contributed by atoms with Crippen LogP contribution in [-0.4, -0.2) is 22.6 Å². The van der Waals surface area contributed by atoms with E-state index in [1.165, 1.54) is 0 Å². The molecule has 0 radical (unpaired) electrons. The average Bonchev–Trinajstić information content (AvgIpc) is 2.24. The third-order valence-corrected chi connectivity index (χ3v) is 2.23. The van der Waals surface area contributed by atoms with Crippen LogP contribution in [0.15, 0.2) is 30.3 Å². The van der Waals surface area contributed by atoms with Crippen molar-refractivity contribution in [2.45, 2.75) is 38.6 Å². The number of ether oxygens (including phenoxy) is 1. The lowest BCUT2D eigenvalue weighted by Crippen LogP contribution is -2.26. The van der Waals surface area contributed by atoms with Crippen LogP contribution in [0.25, 0.3) is 0 Å². The zero-order valence-corrected chi connectivity index (χ0v) is 9.89. The summed E-state index contributed by atoms with van der Waals surface area (Å²) in [7, 11) is 0. The van der Waals surface area contributed by atoms with Crippen LogP contribution in [-0.2, 0) is 4.74 Å². The Hall–Kier alpha value is -0.900. The van der Waals surface area contributed by atoms with Crippen molar-refractivity contribution in [3.63, 3.8) is 0 Å². The molecule has 0 fully saturated rings. The Morgan fingerprint density at radius 3 is 2.38 bits per heavy atom. The first kappa shape index (κ1) is 13.2. The van der Waals surface area contributed by atoms with Crippen LogP contribution in [0.1, 0.15) is 38.4 Å². The Kier molecular flexibility index (Phi) is 4.93. The summed E-state index contributed by atoms with van der Waals surface area (Å²) < 4.78 is 5.57. The molecule has 0 aliphatic rings. The fraction of sp³-hybridized carbons (Fsp3) is 0.538. The minimum absolute atomic E-state index is 0.137. The molecular formula is C13H20O3. The molecule has 0 aliphatic carbocycles. The SMILES string of the molecule is CC(C)(O)OC(CCCO)c1ccccc1. The van der Waals surface area contributed by atoms with E-state index in [0.29, 0.717) is 12.8 Å². The quantitative estimate of drug-likeness (QED) is 0.729. The minimum Gasteiger partial charge on any atom is -0.396 e. The highest BCUT2D eigenvalue weighted by atomic mass is 16.6. The van der Waals surface area contributed by atoms with Crippen LogP contribution in [0.2, 0.25) is 0 Å². The molecule has 16 heavy (non-hydrogen) atoms. The largest absolute Gasteiger partial charge is 0.396 e. The summed E-state index contributed by atoms with van der Waals surface area (Å²) in [5.74, 6) is -1.16. The van der Waals surface area contributed by atoms with Crippen LogP contribution in [0.3, 0.4) is 0 Å². The molecule has 0 heterocycles. The molecule has 0 spiro atoms. The highest BCUT2D eigenvalue weighted by Crippen LogP contribution is 2.26. The van der Waals surface area contributed by atoms with E-state index in [4.69, 9.17) is 9.84 Å². The monoisotopic (exact) mass is 224 g/mol. The van der Waals surface area contributed by atoms with E-state index in [2.05, 4.69) is 0 Å². The summed E-state index contributed by atoms with van der Waals surface area (Å²) in [6.07, 6.45) is 1.19. The highest BCUT2D eigenvalue weighted by Gasteiger charge is 2.21. The van der Waals surface area contributed by atoms with Gasteiger partial charge in [-0.2, -0.15) is 0 Å². The normalized spacial score (nSPS) is 13.8. The first-order chi connectivity index (χ1) is 7.53. The summed E-state index contributed by atoms with van der Waals surface area (Å²) in [6.45, 7) is 3.36. The van der Waals surface area contributed by atoms with Gasteiger partial charge >= 0.3 is 0 Å². The van der Waals surface area contributed by atoms with Crippen molar-refractivity contribution in [1.82, 2.24) is 0 Å². The van der Waals surface area contributed by atoms with Crippen LogP contribution in [0, 0.1) is 0 Å². The third-order valence-electron chi connectivity index (χ3n) is 2.23. The molecule has 1 rings (SSSR count). The van der Waals surface area contributed by atoms with Crippen LogP contribution >= 0.6 is 0 Å². The molecule has 1 unspecified atom stereocenters. The summed E-state index contributed by atoms with van der Waals surface area (Å²) in [5.41, 5.74) is 1.03. The Balaban J connectivity index is 2.71. The Labute approximate surface area is 96.7 Å². The second-order valence-electron chi connectivity index (χ2n) is 4.33. The fourth-order valence-electron chi connectivity index (χ4n) is 1.59. The van der Waals surface area contributed by atoms with E-state index in [0.717, 1.165) is 5.56 Å². The van der Waals surface area contributed by atoms with E-state index in [1.807, 2.05) is 30.3 Å². The van der Waals surface area contributed by atoms with Gasteiger partial charge in [0.2, 0.25) is 0 Å². The molecule has 0 aromatic heterocycles. The van der Waals surface area contributed by atoms with Gasteiger partial charge in [-0.1, -0.05) is 30.3 Å². The molecular weight excluding hydrogens is 204 g/mol. The molecule has 1 aromatic carbocycles. The molecule has 3 nitrogen and oxygen atoms in total. The minimum atomic E-state index is -1.16. The van der Waals surface area contributed by atoms with E-state index in [9.17, 15) is 5.11 Å². The van der Waals surface area contributed by atoms with Gasteiger partial charge in [-0.25, -0.2) is 0 Å². The van der Waals surface area contributed by atoms with Crippen molar-refractivity contribution in [2.75, 3.05) is 6.61 Å². The predicted molar refractivity (Wildman–Crippen MR) is 62.9 cm³/mol. The second kappa shape index (κ2) is 5.99. The zero-order valence-electron chi connectivity index (χ0n) is 9.89. The maximum atomic E-state index is 9.66. The Morgan fingerprint density at radius 2 is 1.88 bits per heavy atom. The van der Waals surface area contributed by atoms with E-state index in [-0.39, 0.29) is 12.7 Å². The number of aliphatic hydroxyl groups is 2. The molecule has 0 bridgehead atoms. The van der Waals surface area contributed by atoms with Gasteiger partial charge in [0.1, 0.15) is 0 Å². The maximum Gasteiger partial charge on any atom is 0.160 e. The molecule has 0 saturated carbocycles. The summed E-state index contributed by atoms with van der Waals surface area (Å²) in [4.78, 5) is 0. The first-order valence-electron chi connectivity index (χ1n) is 5.59. The Morgan fingerprint density at radius 1 is 1.25 bits per heavy atom. The Bertz CT molecular complexity index is 290. The molecule has 0 aliphatic heterocycles. The third kappa shape index (κ3) is 4.75. The number of rotatable bonds is 6. The highest BCUT2D eigenvalue weighted by molar-refractivity contribution is 5.17. The van der Waals surface area contributed by atoms with Gasteiger partial charge in [0.15, 0.2) is 5.79 Å². The van der Waals surface area contributed by atoms with Gasteiger partial charge in [0, 0.05) is 6.61 Å². The van der Waals surface area contributed by atoms with Crippen molar-refractivity contribution in [1.29, 1.82) is 0 Å². The fourth-order valence-corrected chi connectivity index (χ4v) is 1.59. The lowest BCUT2D eigenvalue weighted by Gasteiger charge is -2.26. The molecule has 3 heteroatoms. The molecule has 0 amide bonds. The molecule has 0 saturated heterocycles. The van der Waals surface area contributed by atoms with Crippen LogP contribution in [0.4, 0.5) is 0 Å². The first-order valence-corrected chi connectivity index (χ1v) is 5.59. The van der Waals surface area contributed by atoms with Gasteiger partial charge in [-0.05, 0) is 32.3 Å². The van der Waals surface area contributed by atoms with Gasteiger partial charge in [-0.15, -0.1) is 0 Å². The van der Waals surface area contributed by atoms with Crippen LogP contribution in [0.5, 0.6) is 0 Å². The maximum absolute atomic E-state index is 9.66. The van der Waals surface area contributed by atoms with Crippen molar-refractivity contribution >= 4 is 0 Å². The predicted octanol–water partition coefficient (Wildman–Crippen LogP) is 2.25. The van der Waals surface area contributed by atoms with Gasteiger partial charge < -0.3 is 14.9 Å². The van der Waals surface area contributed by atoms with E-state index < -0.39 is 5.79 Å². The lowest BCUT2D eigenvalue weighted by molar-refractivity contribution is -0.209. The summed E-state index contributed by atoms with van der Waals surface area (Å²) >= 11 is 0. The standard InChI is InChI=1S/C13H20O3/c1-13(2,15)16-12(9-6-10-14)11-7-4-3-5-8-11/h3-5,7-8,12,14-15H,6,9-10H2,1-2H3. The summed E-state index contributed by atoms with van der Waals surface area (Å²) in [6, 6.07) is 9.75.